The summed E-state index contributed by atoms with van der Waals surface area (Å²) in [5.74, 6) is 1.94. The highest BCUT2D eigenvalue weighted by atomic mass is 16.5. The first-order valence-corrected chi connectivity index (χ1v) is 9.44. The van der Waals surface area contributed by atoms with Gasteiger partial charge in [-0.3, -0.25) is 4.40 Å². The van der Waals surface area contributed by atoms with Crippen molar-refractivity contribution < 1.29 is 14.6 Å². The van der Waals surface area contributed by atoms with Gasteiger partial charge in [0.25, 0.3) is 5.78 Å². The Morgan fingerprint density at radius 1 is 1.07 bits per heavy atom. The third-order valence-electron chi connectivity index (χ3n) is 4.83. The molecule has 148 valence electrons. The molecule has 7 nitrogen and oxygen atoms in total. The molecule has 0 spiro atoms. The molecular formula is C22H22N4O3. The lowest BCUT2D eigenvalue weighted by Gasteiger charge is -2.15. The predicted octanol–water partition coefficient (Wildman–Crippen LogP) is 4.35. The summed E-state index contributed by atoms with van der Waals surface area (Å²) in [7, 11) is 1.63. The van der Waals surface area contributed by atoms with Crippen molar-refractivity contribution >= 4 is 5.78 Å². The average Bonchev–Trinajstić information content (AvgIpc) is 3.20. The van der Waals surface area contributed by atoms with E-state index in [0.717, 1.165) is 23.3 Å². The number of aromatic hydroxyl groups is 1. The van der Waals surface area contributed by atoms with Crippen molar-refractivity contribution in [3.63, 3.8) is 0 Å². The van der Waals surface area contributed by atoms with Gasteiger partial charge in [0.15, 0.2) is 0 Å². The Balaban J connectivity index is 1.84. The van der Waals surface area contributed by atoms with Crippen LogP contribution < -0.4 is 9.47 Å². The Hall–Kier alpha value is -3.61. The lowest BCUT2D eigenvalue weighted by Crippen LogP contribution is -2.09. The fourth-order valence-corrected chi connectivity index (χ4v) is 3.06. The molecule has 7 heteroatoms. The highest BCUT2D eigenvalue weighted by molar-refractivity contribution is 5.84. The van der Waals surface area contributed by atoms with Crippen LogP contribution in [0.2, 0.25) is 0 Å². The molecular weight excluding hydrogens is 368 g/mol. The number of phenolic OH excluding ortho intramolecular Hbond substituents is 1. The fraction of sp³-hybridized carbons (Fsp3) is 0.227. The Labute approximate surface area is 168 Å². The maximum Gasteiger partial charge on any atom is 0.255 e. The zero-order chi connectivity index (χ0) is 20.4. The van der Waals surface area contributed by atoms with Gasteiger partial charge in [-0.05, 0) is 43.2 Å². The van der Waals surface area contributed by atoms with Crippen LogP contribution in [0.1, 0.15) is 20.3 Å². The fourth-order valence-electron chi connectivity index (χ4n) is 3.06. The van der Waals surface area contributed by atoms with Crippen molar-refractivity contribution in [2.24, 2.45) is 0 Å². The molecule has 0 amide bonds. The summed E-state index contributed by atoms with van der Waals surface area (Å²) in [6, 6.07) is 13.0. The minimum atomic E-state index is 0.0700. The SMILES string of the molecule is CCC(C)Oc1ccc(-c2nc3nncn3cc2-c2ccc(OC)cc2)c(O)c1. The van der Waals surface area contributed by atoms with E-state index in [1.807, 2.05) is 49.5 Å². The molecule has 1 atom stereocenters. The number of ether oxygens (including phenoxy) is 2. The lowest BCUT2D eigenvalue weighted by molar-refractivity contribution is 0.217. The Morgan fingerprint density at radius 2 is 1.83 bits per heavy atom. The van der Waals surface area contributed by atoms with Gasteiger partial charge < -0.3 is 14.6 Å². The number of aromatic nitrogens is 4. The zero-order valence-corrected chi connectivity index (χ0v) is 16.5. The van der Waals surface area contributed by atoms with E-state index in [-0.39, 0.29) is 11.9 Å². The van der Waals surface area contributed by atoms with Crippen LogP contribution in [0, 0.1) is 0 Å². The van der Waals surface area contributed by atoms with Crippen LogP contribution in [0.15, 0.2) is 55.0 Å². The molecule has 0 bridgehead atoms. The third kappa shape index (κ3) is 3.71. The Morgan fingerprint density at radius 3 is 2.52 bits per heavy atom. The summed E-state index contributed by atoms with van der Waals surface area (Å²) in [6.07, 6.45) is 4.46. The number of methoxy groups -OCH3 is 1. The molecule has 0 fully saturated rings. The lowest BCUT2D eigenvalue weighted by atomic mass is 10.00. The second-order valence-corrected chi connectivity index (χ2v) is 6.79. The van der Waals surface area contributed by atoms with E-state index in [2.05, 4.69) is 22.1 Å². The smallest absolute Gasteiger partial charge is 0.255 e. The van der Waals surface area contributed by atoms with Gasteiger partial charge in [-0.2, -0.15) is 0 Å². The summed E-state index contributed by atoms with van der Waals surface area (Å²) in [5, 5.41) is 18.7. The van der Waals surface area contributed by atoms with E-state index in [9.17, 15) is 5.11 Å². The molecule has 0 radical (unpaired) electrons. The first-order chi connectivity index (χ1) is 14.1. The van der Waals surface area contributed by atoms with E-state index in [1.54, 1.807) is 23.9 Å². The number of rotatable bonds is 6. The van der Waals surface area contributed by atoms with E-state index < -0.39 is 0 Å². The van der Waals surface area contributed by atoms with Gasteiger partial charge in [-0.15, -0.1) is 10.2 Å². The molecule has 29 heavy (non-hydrogen) atoms. The normalized spacial score (nSPS) is 12.1. The number of hydrogen-bond acceptors (Lipinski definition) is 6. The molecule has 2 aromatic heterocycles. The van der Waals surface area contributed by atoms with E-state index in [1.165, 1.54) is 0 Å². The van der Waals surface area contributed by atoms with Crippen LogP contribution in [0.4, 0.5) is 0 Å². The molecule has 0 saturated heterocycles. The number of fused-ring (bicyclic) bond motifs is 1. The van der Waals surface area contributed by atoms with Crippen molar-refractivity contribution in [3.05, 3.63) is 55.0 Å². The Kier molecular flexibility index (Phi) is 5.03. The van der Waals surface area contributed by atoms with Gasteiger partial charge in [0.1, 0.15) is 23.6 Å². The number of hydrogen-bond donors (Lipinski definition) is 1. The molecule has 0 aliphatic rings. The number of nitrogens with zero attached hydrogens (tertiary/aromatic N) is 4. The molecule has 4 aromatic rings. The molecule has 0 aliphatic heterocycles. The monoisotopic (exact) mass is 390 g/mol. The van der Waals surface area contributed by atoms with Crippen LogP contribution in [-0.2, 0) is 0 Å². The molecule has 2 heterocycles. The average molecular weight is 390 g/mol. The van der Waals surface area contributed by atoms with Gasteiger partial charge in [0.05, 0.1) is 18.9 Å². The zero-order valence-electron chi connectivity index (χ0n) is 16.5. The van der Waals surface area contributed by atoms with Crippen molar-refractivity contribution in [1.29, 1.82) is 0 Å². The summed E-state index contributed by atoms with van der Waals surface area (Å²) in [5.41, 5.74) is 2.98. The second-order valence-electron chi connectivity index (χ2n) is 6.79. The molecule has 0 aliphatic carbocycles. The van der Waals surface area contributed by atoms with Gasteiger partial charge in [0, 0.05) is 23.4 Å². The third-order valence-corrected chi connectivity index (χ3v) is 4.83. The molecule has 0 saturated carbocycles. The van der Waals surface area contributed by atoms with Gasteiger partial charge >= 0.3 is 0 Å². The Bertz CT molecular complexity index is 1140. The van der Waals surface area contributed by atoms with Crippen LogP contribution in [-0.4, -0.2) is 37.9 Å². The van der Waals surface area contributed by atoms with Gasteiger partial charge in [-0.25, -0.2) is 4.98 Å². The molecule has 2 aromatic carbocycles. The largest absolute Gasteiger partial charge is 0.507 e. The van der Waals surface area contributed by atoms with Crippen molar-refractivity contribution in [3.8, 4) is 39.6 Å². The van der Waals surface area contributed by atoms with Gasteiger partial charge in [-0.1, -0.05) is 19.1 Å². The van der Waals surface area contributed by atoms with Crippen LogP contribution >= 0.6 is 0 Å². The summed E-state index contributed by atoms with van der Waals surface area (Å²) in [6.45, 7) is 4.05. The predicted molar refractivity (Wildman–Crippen MR) is 110 cm³/mol. The molecule has 1 unspecified atom stereocenters. The molecule has 4 rings (SSSR count). The quantitative estimate of drug-likeness (QED) is 0.527. The maximum atomic E-state index is 10.7. The van der Waals surface area contributed by atoms with E-state index in [0.29, 0.717) is 22.8 Å². The highest BCUT2D eigenvalue weighted by Crippen LogP contribution is 2.38. The van der Waals surface area contributed by atoms with E-state index in [4.69, 9.17) is 9.47 Å². The summed E-state index contributed by atoms with van der Waals surface area (Å²) in [4.78, 5) is 4.65. The maximum absolute atomic E-state index is 10.7. The van der Waals surface area contributed by atoms with E-state index >= 15 is 0 Å². The first-order valence-electron chi connectivity index (χ1n) is 9.44. The minimum absolute atomic E-state index is 0.0700. The second kappa shape index (κ2) is 7.79. The van der Waals surface area contributed by atoms with Gasteiger partial charge in [0.2, 0.25) is 0 Å². The van der Waals surface area contributed by atoms with Crippen LogP contribution in [0.25, 0.3) is 28.2 Å². The van der Waals surface area contributed by atoms with Crippen molar-refractivity contribution in [1.82, 2.24) is 19.6 Å². The number of benzene rings is 2. The highest BCUT2D eigenvalue weighted by Gasteiger charge is 2.17. The summed E-state index contributed by atoms with van der Waals surface area (Å²) >= 11 is 0. The van der Waals surface area contributed by atoms with Crippen molar-refractivity contribution in [2.45, 2.75) is 26.4 Å². The standard InChI is InChI=1S/C22H22N4O3/c1-4-14(2)29-17-9-10-18(20(27)11-17)21-19(12-26-13-23-25-22(26)24-21)15-5-7-16(28-3)8-6-15/h5-14,27H,4H2,1-3H3. The van der Waals surface area contributed by atoms with Crippen LogP contribution in [0.5, 0.6) is 17.2 Å². The summed E-state index contributed by atoms with van der Waals surface area (Å²) < 4.78 is 12.8. The molecule has 1 N–H and O–H groups in total. The number of phenols is 1. The minimum Gasteiger partial charge on any atom is -0.507 e. The first kappa shape index (κ1) is 18.7. The topological polar surface area (TPSA) is 81.8 Å². The van der Waals surface area contributed by atoms with Crippen LogP contribution in [0.3, 0.4) is 0 Å². The van der Waals surface area contributed by atoms with Crippen molar-refractivity contribution in [2.75, 3.05) is 7.11 Å².